The minimum Gasteiger partial charge on any atom is -0.493 e. The van der Waals surface area contributed by atoms with Gasteiger partial charge in [0.15, 0.2) is 0 Å². The molecule has 0 aromatic heterocycles. The smallest absolute Gasteiger partial charge is 0.460 e. The number of para-hydroxylation sites is 1. The van der Waals surface area contributed by atoms with E-state index < -0.39 is 65.0 Å². The highest BCUT2D eigenvalue weighted by Crippen LogP contribution is 2.63. The third-order valence-corrected chi connectivity index (χ3v) is 5.18. The van der Waals surface area contributed by atoms with Gasteiger partial charge < -0.3 is 9.84 Å². The van der Waals surface area contributed by atoms with Crippen LogP contribution in [-0.2, 0) is 5.60 Å². The van der Waals surface area contributed by atoms with Crippen molar-refractivity contribution in [3.63, 3.8) is 0 Å². The van der Waals surface area contributed by atoms with Crippen molar-refractivity contribution in [1.82, 2.24) is 0 Å². The molecule has 0 amide bonds. The number of rotatable bonds is 12. The van der Waals surface area contributed by atoms with Gasteiger partial charge in [-0.3, -0.25) is 0 Å². The quantitative estimate of drug-likeness (QED) is 0.203. The Kier molecular flexibility index (Phi) is 8.83. The first-order valence-electron chi connectivity index (χ1n) is 10.0. The molecule has 1 aromatic rings. The van der Waals surface area contributed by atoms with Crippen LogP contribution in [0.3, 0.4) is 0 Å². The average molecular weight is 576 g/mol. The van der Waals surface area contributed by atoms with Crippen LogP contribution in [-0.4, -0.2) is 53.4 Å². The van der Waals surface area contributed by atoms with Gasteiger partial charge in [0, 0.05) is 5.56 Å². The van der Waals surface area contributed by atoms with Crippen molar-refractivity contribution < 1.29 is 75.7 Å². The van der Waals surface area contributed by atoms with E-state index in [-0.39, 0.29) is 6.61 Å². The zero-order valence-electron chi connectivity index (χ0n) is 18.7. The maximum atomic E-state index is 14.3. The summed E-state index contributed by atoms with van der Waals surface area (Å²) in [6, 6.07) is 4.01. The van der Waals surface area contributed by atoms with E-state index in [4.69, 9.17) is 4.74 Å². The molecule has 1 aromatic carbocycles. The molecule has 0 saturated carbocycles. The highest BCUT2D eigenvalue weighted by Gasteiger charge is 2.93. The third-order valence-electron chi connectivity index (χ3n) is 5.18. The van der Waals surface area contributed by atoms with E-state index in [1.807, 2.05) is 0 Å². The fourth-order valence-electron chi connectivity index (χ4n) is 3.00. The molecule has 0 spiro atoms. The van der Waals surface area contributed by atoms with Crippen LogP contribution in [0.2, 0.25) is 0 Å². The lowest BCUT2D eigenvalue weighted by molar-refractivity contribution is -0.453. The van der Waals surface area contributed by atoms with Crippen molar-refractivity contribution in [1.29, 1.82) is 0 Å². The maximum absolute atomic E-state index is 14.3. The first-order valence-corrected chi connectivity index (χ1v) is 10.0. The standard InChI is InChI=1S/C20H19F15O2/c1-3-4-9-37-12-8-6-5-7-11(12)13(2,36)10-14(21,22)15(23,24)16(25,26)17(27,28)18(29,30)19(31,32)20(33,34)35/h5-8,36H,3-4,9-10H2,1-2H3. The lowest BCUT2D eigenvalue weighted by atomic mass is 9.83. The van der Waals surface area contributed by atoms with Crippen LogP contribution < -0.4 is 4.74 Å². The predicted octanol–water partition coefficient (Wildman–Crippen LogP) is 7.84. The largest absolute Gasteiger partial charge is 0.493 e. The summed E-state index contributed by atoms with van der Waals surface area (Å²) in [5, 5.41) is 10.3. The minimum atomic E-state index is -8.38. The van der Waals surface area contributed by atoms with Gasteiger partial charge in [-0.05, 0) is 19.4 Å². The minimum absolute atomic E-state index is 0.122. The van der Waals surface area contributed by atoms with Gasteiger partial charge in [-0.15, -0.1) is 0 Å². The van der Waals surface area contributed by atoms with E-state index in [9.17, 15) is 71.0 Å². The number of hydrogen-bond acceptors (Lipinski definition) is 2. The summed E-state index contributed by atoms with van der Waals surface area (Å²) in [4.78, 5) is 0. The molecule has 0 aliphatic heterocycles. The van der Waals surface area contributed by atoms with Crippen molar-refractivity contribution in [2.24, 2.45) is 0 Å². The molecule has 0 bridgehead atoms. The molecular formula is C20H19F15O2. The van der Waals surface area contributed by atoms with Gasteiger partial charge in [0.1, 0.15) is 5.75 Å². The molecule has 1 atom stereocenters. The van der Waals surface area contributed by atoms with E-state index in [1.54, 1.807) is 6.92 Å². The van der Waals surface area contributed by atoms with Crippen molar-refractivity contribution in [2.45, 2.75) is 80.4 Å². The second-order valence-corrected chi connectivity index (χ2v) is 8.22. The zero-order valence-corrected chi connectivity index (χ0v) is 18.7. The second kappa shape index (κ2) is 9.91. The van der Waals surface area contributed by atoms with Crippen LogP contribution in [0.15, 0.2) is 24.3 Å². The molecular weight excluding hydrogens is 557 g/mol. The molecule has 0 radical (unpaired) electrons. The number of ether oxygens (including phenoxy) is 1. The van der Waals surface area contributed by atoms with Gasteiger partial charge in [-0.2, -0.15) is 65.9 Å². The average Bonchev–Trinajstić information content (AvgIpc) is 2.72. The van der Waals surface area contributed by atoms with Crippen molar-refractivity contribution in [3.05, 3.63) is 29.8 Å². The lowest BCUT2D eigenvalue weighted by Gasteiger charge is -2.42. The molecule has 0 saturated heterocycles. The maximum Gasteiger partial charge on any atom is 0.460 e. The van der Waals surface area contributed by atoms with Gasteiger partial charge in [0.25, 0.3) is 0 Å². The second-order valence-electron chi connectivity index (χ2n) is 8.22. The van der Waals surface area contributed by atoms with E-state index in [0.29, 0.717) is 19.8 Å². The number of benzene rings is 1. The van der Waals surface area contributed by atoms with Gasteiger partial charge in [0.2, 0.25) is 0 Å². The first-order chi connectivity index (χ1) is 16.3. The number of halogens is 15. The Labute approximate surface area is 199 Å². The van der Waals surface area contributed by atoms with E-state index >= 15 is 0 Å². The number of unbranched alkanes of at least 4 members (excludes halogenated alkanes) is 1. The fourth-order valence-corrected chi connectivity index (χ4v) is 3.00. The highest BCUT2D eigenvalue weighted by atomic mass is 19.4. The molecule has 0 heterocycles. The Bertz CT molecular complexity index is 923. The van der Waals surface area contributed by atoms with Crippen LogP contribution in [0, 0.1) is 0 Å². The Morgan fingerprint density at radius 3 is 1.57 bits per heavy atom. The van der Waals surface area contributed by atoms with Gasteiger partial charge >= 0.3 is 41.7 Å². The summed E-state index contributed by atoms with van der Waals surface area (Å²) in [5.74, 6) is -47.7. The summed E-state index contributed by atoms with van der Waals surface area (Å²) < 4.78 is 206. The monoisotopic (exact) mass is 576 g/mol. The molecule has 1 unspecified atom stereocenters. The summed E-state index contributed by atoms with van der Waals surface area (Å²) in [7, 11) is 0. The Morgan fingerprint density at radius 2 is 1.11 bits per heavy atom. The first kappa shape index (κ1) is 33.0. The molecule has 0 fully saturated rings. The van der Waals surface area contributed by atoms with Gasteiger partial charge in [-0.1, -0.05) is 31.5 Å². The van der Waals surface area contributed by atoms with Crippen molar-refractivity contribution in [3.8, 4) is 5.75 Å². The summed E-state index contributed by atoms with van der Waals surface area (Å²) in [5.41, 5.74) is -4.11. The molecule has 17 heteroatoms. The molecule has 1 rings (SSSR count). The summed E-state index contributed by atoms with van der Waals surface area (Å²) >= 11 is 0. The Hall–Kier alpha value is -2.07. The molecule has 0 aliphatic carbocycles. The third kappa shape index (κ3) is 5.41. The summed E-state index contributed by atoms with van der Waals surface area (Å²) in [6.45, 7) is 1.88. The van der Waals surface area contributed by atoms with Crippen LogP contribution in [0.5, 0.6) is 5.75 Å². The lowest BCUT2D eigenvalue weighted by Crippen LogP contribution is -2.72. The van der Waals surface area contributed by atoms with Crippen LogP contribution >= 0.6 is 0 Å². The van der Waals surface area contributed by atoms with Crippen molar-refractivity contribution >= 4 is 0 Å². The Balaban J connectivity index is 3.52. The predicted molar refractivity (Wildman–Crippen MR) is 96.8 cm³/mol. The molecule has 2 nitrogen and oxygen atoms in total. The number of aliphatic hydroxyl groups is 1. The normalized spacial score (nSPS) is 16.5. The summed E-state index contributed by atoms with van der Waals surface area (Å²) in [6.07, 6.45) is -9.69. The van der Waals surface area contributed by atoms with E-state index in [1.165, 1.54) is 6.07 Å². The number of alkyl halides is 15. The van der Waals surface area contributed by atoms with Gasteiger partial charge in [-0.25, -0.2) is 0 Å². The Morgan fingerprint density at radius 1 is 0.676 bits per heavy atom. The molecule has 216 valence electrons. The van der Waals surface area contributed by atoms with Crippen LogP contribution in [0.4, 0.5) is 65.9 Å². The van der Waals surface area contributed by atoms with Crippen LogP contribution in [0.1, 0.15) is 38.7 Å². The highest BCUT2D eigenvalue weighted by molar-refractivity contribution is 5.38. The number of hydrogen-bond donors (Lipinski definition) is 1. The van der Waals surface area contributed by atoms with E-state index in [2.05, 4.69) is 0 Å². The van der Waals surface area contributed by atoms with Gasteiger partial charge in [0.05, 0.1) is 18.6 Å². The topological polar surface area (TPSA) is 29.5 Å². The molecule has 1 N–H and O–H groups in total. The fraction of sp³-hybridized carbons (Fsp3) is 0.700. The van der Waals surface area contributed by atoms with Crippen LogP contribution in [0.25, 0.3) is 0 Å². The molecule has 0 aliphatic rings. The molecule has 37 heavy (non-hydrogen) atoms. The van der Waals surface area contributed by atoms with E-state index in [0.717, 1.165) is 18.2 Å². The SMILES string of the molecule is CCCCOc1ccccc1C(C)(O)CC(F)(F)C(F)(F)C(F)(F)C(F)(F)C(F)(F)C(F)(F)C(F)(F)F. The zero-order chi connectivity index (χ0) is 29.5. The van der Waals surface area contributed by atoms with Crippen molar-refractivity contribution in [2.75, 3.05) is 6.61 Å².